The Kier molecular flexibility index (Phi) is 2.59. The van der Waals surface area contributed by atoms with Crippen molar-refractivity contribution >= 4 is 10.9 Å². The summed E-state index contributed by atoms with van der Waals surface area (Å²) in [4.78, 5) is 0. The Balaban J connectivity index is 2.22. The average Bonchev–Trinajstić information content (AvgIpc) is 2.96. The molecule has 92 valence electrons. The predicted octanol–water partition coefficient (Wildman–Crippen LogP) is 2.24. The molecule has 0 N–H and O–H groups in total. The van der Waals surface area contributed by atoms with Gasteiger partial charge in [-0.05, 0) is 12.5 Å². The lowest BCUT2D eigenvalue weighted by Gasteiger charge is -2.01. The van der Waals surface area contributed by atoms with E-state index < -0.39 is 0 Å². The van der Waals surface area contributed by atoms with Gasteiger partial charge in [0.2, 0.25) is 0 Å². The Hall–Kier alpha value is -2.17. The van der Waals surface area contributed by atoms with Gasteiger partial charge in [0.25, 0.3) is 0 Å². The first-order chi connectivity index (χ1) is 8.81. The molecule has 3 rings (SSSR count). The van der Waals surface area contributed by atoms with Crippen LogP contribution in [-0.2, 0) is 13.6 Å². The van der Waals surface area contributed by atoms with E-state index in [2.05, 4.69) is 38.9 Å². The average molecular weight is 241 g/mol. The molecule has 0 aliphatic rings. The molecule has 0 saturated carbocycles. The van der Waals surface area contributed by atoms with Crippen molar-refractivity contribution in [2.45, 2.75) is 19.9 Å². The van der Waals surface area contributed by atoms with Crippen LogP contribution in [0.3, 0.4) is 0 Å². The maximum Gasteiger partial charge on any atom is 0.184 e. The summed E-state index contributed by atoms with van der Waals surface area (Å²) in [6, 6.07) is 8.17. The van der Waals surface area contributed by atoms with Gasteiger partial charge in [-0.2, -0.15) is 5.10 Å². The van der Waals surface area contributed by atoms with E-state index in [1.54, 1.807) is 6.33 Å². The summed E-state index contributed by atoms with van der Waals surface area (Å²) < 4.78 is 3.93. The molecule has 3 aromatic rings. The van der Waals surface area contributed by atoms with Crippen LogP contribution in [0.5, 0.6) is 0 Å². The van der Waals surface area contributed by atoms with Crippen molar-refractivity contribution in [1.82, 2.24) is 24.5 Å². The van der Waals surface area contributed by atoms with Crippen molar-refractivity contribution < 1.29 is 0 Å². The maximum atomic E-state index is 4.57. The molecule has 0 atom stereocenters. The lowest BCUT2D eigenvalue weighted by molar-refractivity contribution is 0.679. The second-order valence-electron chi connectivity index (χ2n) is 4.34. The molecular weight excluding hydrogens is 226 g/mol. The Morgan fingerprint density at radius 2 is 2.06 bits per heavy atom. The molecule has 0 unspecified atom stereocenters. The van der Waals surface area contributed by atoms with Gasteiger partial charge in [0.05, 0.1) is 5.52 Å². The third kappa shape index (κ3) is 1.59. The molecule has 0 aliphatic heterocycles. The van der Waals surface area contributed by atoms with Crippen LogP contribution in [-0.4, -0.2) is 24.5 Å². The third-order valence-corrected chi connectivity index (χ3v) is 3.05. The van der Waals surface area contributed by atoms with Gasteiger partial charge in [-0.15, -0.1) is 10.2 Å². The molecular formula is C13H15N5. The summed E-state index contributed by atoms with van der Waals surface area (Å²) in [6.45, 7) is 3.05. The lowest BCUT2D eigenvalue weighted by atomic mass is 10.2. The van der Waals surface area contributed by atoms with Crippen LogP contribution in [0.25, 0.3) is 22.4 Å². The minimum absolute atomic E-state index is 0.841. The molecule has 0 saturated heterocycles. The standard InChI is InChI=1S/C13H15N5/c1-3-8-18-9-14-15-13(18)12-10-6-4-5-7-11(10)17(2)16-12/h4-7,9H,3,8H2,1-2H3. The SMILES string of the molecule is CCCn1cnnc1-c1nn(C)c2ccccc12. The van der Waals surface area contributed by atoms with E-state index in [4.69, 9.17) is 0 Å². The first kappa shape index (κ1) is 11.0. The quantitative estimate of drug-likeness (QED) is 0.706. The van der Waals surface area contributed by atoms with Gasteiger partial charge >= 0.3 is 0 Å². The number of hydrogen-bond acceptors (Lipinski definition) is 3. The molecule has 2 aromatic heterocycles. The Morgan fingerprint density at radius 1 is 1.22 bits per heavy atom. The number of nitrogens with zero attached hydrogens (tertiary/aromatic N) is 5. The summed E-state index contributed by atoms with van der Waals surface area (Å²) in [6.07, 6.45) is 2.82. The second-order valence-corrected chi connectivity index (χ2v) is 4.34. The number of aromatic nitrogens is 5. The molecule has 0 spiro atoms. The minimum Gasteiger partial charge on any atom is -0.312 e. The van der Waals surface area contributed by atoms with Gasteiger partial charge in [0.1, 0.15) is 12.0 Å². The largest absolute Gasteiger partial charge is 0.312 e. The highest BCUT2D eigenvalue weighted by Gasteiger charge is 2.15. The fourth-order valence-electron chi connectivity index (χ4n) is 2.22. The third-order valence-electron chi connectivity index (χ3n) is 3.05. The van der Waals surface area contributed by atoms with Crippen molar-refractivity contribution in [1.29, 1.82) is 0 Å². The first-order valence-electron chi connectivity index (χ1n) is 6.11. The lowest BCUT2D eigenvalue weighted by Crippen LogP contribution is -1.99. The first-order valence-corrected chi connectivity index (χ1v) is 6.11. The Labute approximate surface area is 105 Å². The molecule has 0 bridgehead atoms. The number of para-hydroxylation sites is 1. The van der Waals surface area contributed by atoms with E-state index in [1.165, 1.54) is 0 Å². The van der Waals surface area contributed by atoms with Crippen molar-refractivity contribution in [2.75, 3.05) is 0 Å². The fourth-order valence-corrected chi connectivity index (χ4v) is 2.22. The highest BCUT2D eigenvalue weighted by molar-refractivity contribution is 5.91. The van der Waals surface area contributed by atoms with Crippen LogP contribution in [0.4, 0.5) is 0 Å². The smallest absolute Gasteiger partial charge is 0.184 e. The Morgan fingerprint density at radius 3 is 2.89 bits per heavy atom. The molecule has 2 heterocycles. The van der Waals surface area contributed by atoms with Crippen LogP contribution in [0.2, 0.25) is 0 Å². The highest BCUT2D eigenvalue weighted by Crippen LogP contribution is 2.25. The van der Waals surface area contributed by atoms with E-state index in [-0.39, 0.29) is 0 Å². The van der Waals surface area contributed by atoms with Crippen LogP contribution >= 0.6 is 0 Å². The number of hydrogen-bond donors (Lipinski definition) is 0. The predicted molar refractivity (Wildman–Crippen MR) is 70.0 cm³/mol. The van der Waals surface area contributed by atoms with Crippen molar-refractivity contribution in [3.8, 4) is 11.5 Å². The zero-order valence-corrected chi connectivity index (χ0v) is 10.5. The van der Waals surface area contributed by atoms with Crippen molar-refractivity contribution in [3.63, 3.8) is 0 Å². The van der Waals surface area contributed by atoms with Crippen molar-refractivity contribution in [3.05, 3.63) is 30.6 Å². The number of fused-ring (bicyclic) bond motifs is 1. The van der Waals surface area contributed by atoms with Crippen molar-refractivity contribution in [2.24, 2.45) is 7.05 Å². The molecule has 0 fully saturated rings. The van der Waals surface area contributed by atoms with Gasteiger partial charge in [-0.3, -0.25) is 4.68 Å². The van der Waals surface area contributed by atoms with Gasteiger partial charge < -0.3 is 4.57 Å². The highest BCUT2D eigenvalue weighted by atomic mass is 15.3. The minimum atomic E-state index is 0.841. The molecule has 0 aliphatic carbocycles. The van der Waals surface area contributed by atoms with Gasteiger partial charge in [-0.1, -0.05) is 25.1 Å². The van der Waals surface area contributed by atoms with Crippen LogP contribution in [0, 0.1) is 0 Å². The zero-order valence-electron chi connectivity index (χ0n) is 10.5. The Bertz CT molecular complexity index is 680. The number of aryl methyl sites for hydroxylation is 2. The monoisotopic (exact) mass is 241 g/mol. The van der Waals surface area contributed by atoms with Gasteiger partial charge in [-0.25, -0.2) is 0 Å². The molecule has 1 aromatic carbocycles. The normalized spacial score (nSPS) is 11.2. The van der Waals surface area contributed by atoms with E-state index in [0.29, 0.717) is 0 Å². The molecule has 5 heteroatoms. The van der Waals surface area contributed by atoms with E-state index in [9.17, 15) is 0 Å². The van der Waals surface area contributed by atoms with E-state index >= 15 is 0 Å². The number of rotatable bonds is 3. The van der Waals surface area contributed by atoms with E-state index in [0.717, 1.165) is 35.4 Å². The van der Waals surface area contributed by atoms with Crippen LogP contribution in [0.1, 0.15) is 13.3 Å². The molecule has 0 radical (unpaired) electrons. The maximum absolute atomic E-state index is 4.57. The van der Waals surface area contributed by atoms with Gasteiger partial charge in [0.15, 0.2) is 5.82 Å². The van der Waals surface area contributed by atoms with Gasteiger partial charge in [0, 0.05) is 19.0 Å². The summed E-state index contributed by atoms with van der Waals surface area (Å²) in [5.41, 5.74) is 2.01. The molecule has 0 amide bonds. The zero-order chi connectivity index (χ0) is 12.5. The second kappa shape index (κ2) is 4.25. The summed E-state index contributed by atoms with van der Waals surface area (Å²) in [7, 11) is 1.95. The van der Waals surface area contributed by atoms with Crippen LogP contribution < -0.4 is 0 Å². The summed E-state index contributed by atoms with van der Waals surface area (Å²) in [5.74, 6) is 0.841. The topological polar surface area (TPSA) is 48.5 Å². The van der Waals surface area contributed by atoms with E-state index in [1.807, 2.05) is 23.9 Å². The molecule has 5 nitrogen and oxygen atoms in total. The molecule has 18 heavy (non-hydrogen) atoms. The summed E-state index contributed by atoms with van der Waals surface area (Å²) in [5, 5.41) is 13.9. The fraction of sp³-hybridized carbons (Fsp3) is 0.308. The summed E-state index contributed by atoms with van der Waals surface area (Å²) >= 11 is 0. The van der Waals surface area contributed by atoms with Crippen LogP contribution in [0.15, 0.2) is 30.6 Å². The number of benzene rings is 1.